The molecule has 6 heteroatoms. The zero-order chi connectivity index (χ0) is 9.26. The first-order valence-electron chi connectivity index (χ1n) is 3.59. The summed E-state index contributed by atoms with van der Waals surface area (Å²) in [5, 5.41) is 12.3. The third-order valence-corrected chi connectivity index (χ3v) is 1.61. The number of hydrogen-bond acceptors (Lipinski definition) is 4. The molecular formula is C7H5N5O. The summed E-state index contributed by atoms with van der Waals surface area (Å²) < 4.78 is 2.43. The fraction of sp³-hybridized carbons (Fsp3) is 0.143. The summed E-state index contributed by atoms with van der Waals surface area (Å²) in [6, 6.07) is 1.85. The highest BCUT2D eigenvalue weighted by Crippen LogP contribution is 1.90. The van der Waals surface area contributed by atoms with Gasteiger partial charge in [0.2, 0.25) is 0 Å². The molecule has 13 heavy (non-hydrogen) atoms. The minimum Gasteiger partial charge on any atom is -0.259 e. The highest BCUT2D eigenvalue weighted by molar-refractivity contribution is 5.31. The summed E-state index contributed by atoms with van der Waals surface area (Å²) in [6.07, 6.45) is 4.47. The van der Waals surface area contributed by atoms with Crippen LogP contribution in [0.3, 0.4) is 0 Å². The predicted octanol–water partition coefficient (Wildman–Crippen LogP) is -0.585. The van der Waals surface area contributed by atoms with Gasteiger partial charge in [0.25, 0.3) is 0 Å². The SMILES string of the molecule is N#CCn1nc2cnccn2c1=O. The van der Waals surface area contributed by atoms with Crippen molar-refractivity contribution in [3.63, 3.8) is 0 Å². The summed E-state index contributed by atoms with van der Waals surface area (Å²) in [5.74, 6) is 0. The number of nitriles is 1. The molecule has 0 bridgehead atoms. The number of rotatable bonds is 1. The van der Waals surface area contributed by atoms with E-state index < -0.39 is 0 Å². The van der Waals surface area contributed by atoms with Gasteiger partial charge in [-0.3, -0.25) is 4.98 Å². The Bertz CT molecular complexity index is 532. The largest absolute Gasteiger partial charge is 0.351 e. The van der Waals surface area contributed by atoms with Crippen LogP contribution in [0.4, 0.5) is 0 Å². The van der Waals surface area contributed by atoms with Crippen LogP contribution in [0.5, 0.6) is 0 Å². The van der Waals surface area contributed by atoms with E-state index in [0.717, 1.165) is 4.68 Å². The van der Waals surface area contributed by atoms with Crippen LogP contribution >= 0.6 is 0 Å². The average molecular weight is 175 g/mol. The highest BCUT2D eigenvalue weighted by atomic mass is 16.2. The number of nitrogens with zero attached hydrogens (tertiary/aromatic N) is 5. The smallest absolute Gasteiger partial charge is 0.259 e. The van der Waals surface area contributed by atoms with Gasteiger partial charge in [-0.25, -0.2) is 9.20 Å². The van der Waals surface area contributed by atoms with Gasteiger partial charge in [-0.05, 0) is 0 Å². The first-order chi connectivity index (χ1) is 6.33. The first-order valence-corrected chi connectivity index (χ1v) is 3.59. The van der Waals surface area contributed by atoms with Crippen LogP contribution in [0, 0.1) is 11.3 Å². The average Bonchev–Trinajstić information content (AvgIpc) is 2.46. The lowest BCUT2D eigenvalue weighted by Gasteiger charge is -1.84. The van der Waals surface area contributed by atoms with E-state index in [4.69, 9.17) is 5.26 Å². The molecule has 0 atom stereocenters. The number of hydrogen-bond donors (Lipinski definition) is 0. The lowest BCUT2D eigenvalue weighted by Crippen LogP contribution is -2.20. The minimum absolute atomic E-state index is 0.0412. The van der Waals surface area contributed by atoms with E-state index in [-0.39, 0.29) is 12.2 Å². The van der Waals surface area contributed by atoms with Gasteiger partial charge in [0, 0.05) is 12.4 Å². The van der Waals surface area contributed by atoms with Crippen molar-refractivity contribution in [2.24, 2.45) is 0 Å². The Hall–Kier alpha value is -2.16. The van der Waals surface area contributed by atoms with Crippen molar-refractivity contribution in [1.82, 2.24) is 19.2 Å². The Kier molecular flexibility index (Phi) is 1.56. The molecule has 2 rings (SSSR count). The number of fused-ring (bicyclic) bond motifs is 1. The van der Waals surface area contributed by atoms with E-state index in [1.54, 1.807) is 0 Å². The molecule has 0 saturated heterocycles. The maximum atomic E-state index is 11.4. The molecule has 6 nitrogen and oxygen atoms in total. The fourth-order valence-corrected chi connectivity index (χ4v) is 1.05. The Morgan fingerprint density at radius 3 is 3.15 bits per heavy atom. The molecule has 0 unspecified atom stereocenters. The molecule has 0 amide bonds. The van der Waals surface area contributed by atoms with Gasteiger partial charge < -0.3 is 0 Å². The quantitative estimate of drug-likeness (QED) is 0.580. The van der Waals surface area contributed by atoms with Crippen LogP contribution in [0.15, 0.2) is 23.4 Å². The maximum absolute atomic E-state index is 11.4. The van der Waals surface area contributed by atoms with Gasteiger partial charge in [0.05, 0.1) is 12.3 Å². The van der Waals surface area contributed by atoms with Crippen LogP contribution in [0.2, 0.25) is 0 Å². The topological polar surface area (TPSA) is 76.0 Å². The van der Waals surface area contributed by atoms with Gasteiger partial charge in [0.15, 0.2) is 5.65 Å². The molecule has 0 N–H and O–H groups in total. The van der Waals surface area contributed by atoms with Gasteiger partial charge in [-0.15, -0.1) is 5.10 Å². The summed E-state index contributed by atoms with van der Waals surface area (Å²) in [4.78, 5) is 15.2. The molecule has 0 aliphatic rings. The normalized spacial score (nSPS) is 10.1. The van der Waals surface area contributed by atoms with E-state index in [9.17, 15) is 4.79 Å². The Labute approximate surface area is 72.7 Å². The molecule has 0 fully saturated rings. The Morgan fingerprint density at radius 1 is 1.62 bits per heavy atom. The summed E-state index contributed by atoms with van der Waals surface area (Å²) in [6.45, 7) is -0.0412. The minimum atomic E-state index is -0.320. The lowest BCUT2D eigenvalue weighted by atomic mass is 10.7. The lowest BCUT2D eigenvalue weighted by molar-refractivity contribution is 0.679. The molecule has 0 spiro atoms. The zero-order valence-electron chi connectivity index (χ0n) is 6.58. The third kappa shape index (κ3) is 1.06. The van der Waals surface area contributed by atoms with E-state index in [2.05, 4.69) is 10.1 Å². The van der Waals surface area contributed by atoms with E-state index in [0.29, 0.717) is 5.65 Å². The van der Waals surface area contributed by atoms with Crippen molar-refractivity contribution in [2.45, 2.75) is 6.54 Å². The molecule has 0 aliphatic carbocycles. The van der Waals surface area contributed by atoms with Crippen molar-refractivity contribution in [2.75, 3.05) is 0 Å². The van der Waals surface area contributed by atoms with Crippen molar-refractivity contribution >= 4 is 5.65 Å². The van der Waals surface area contributed by atoms with Crippen LogP contribution in [-0.2, 0) is 6.54 Å². The zero-order valence-corrected chi connectivity index (χ0v) is 6.58. The molecule has 2 aromatic heterocycles. The van der Waals surface area contributed by atoms with Gasteiger partial charge in [-0.1, -0.05) is 0 Å². The summed E-state index contributed by atoms with van der Waals surface area (Å²) in [5.41, 5.74) is 0.127. The molecule has 0 aliphatic heterocycles. The summed E-state index contributed by atoms with van der Waals surface area (Å²) >= 11 is 0. The highest BCUT2D eigenvalue weighted by Gasteiger charge is 2.04. The monoisotopic (exact) mass is 175 g/mol. The van der Waals surface area contributed by atoms with E-state index >= 15 is 0 Å². The van der Waals surface area contributed by atoms with Crippen molar-refractivity contribution in [1.29, 1.82) is 5.26 Å². The van der Waals surface area contributed by atoms with Gasteiger partial charge in [0.1, 0.15) is 6.54 Å². The van der Waals surface area contributed by atoms with Crippen molar-refractivity contribution in [3.05, 3.63) is 29.1 Å². The van der Waals surface area contributed by atoms with Crippen molar-refractivity contribution in [3.8, 4) is 6.07 Å². The summed E-state index contributed by atoms with van der Waals surface area (Å²) in [7, 11) is 0. The molecule has 0 radical (unpaired) electrons. The predicted molar refractivity (Wildman–Crippen MR) is 42.9 cm³/mol. The third-order valence-electron chi connectivity index (χ3n) is 1.61. The Morgan fingerprint density at radius 2 is 2.46 bits per heavy atom. The molecule has 0 saturated carbocycles. The number of aromatic nitrogens is 4. The van der Waals surface area contributed by atoms with E-state index in [1.165, 1.54) is 23.0 Å². The van der Waals surface area contributed by atoms with Gasteiger partial charge >= 0.3 is 5.69 Å². The molecule has 0 aromatic carbocycles. The second-order valence-corrected chi connectivity index (χ2v) is 2.40. The van der Waals surface area contributed by atoms with Crippen LogP contribution in [0.25, 0.3) is 5.65 Å². The van der Waals surface area contributed by atoms with Crippen molar-refractivity contribution < 1.29 is 0 Å². The van der Waals surface area contributed by atoms with Crippen LogP contribution < -0.4 is 5.69 Å². The fourth-order valence-electron chi connectivity index (χ4n) is 1.05. The second-order valence-electron chi connectivity index (χ2n) is 2.40. The molecule has 2 heterocycles. The standard InChI is InChI=1S/C7H5N5O/c8-1-3-12-7(13)11-4-2-9-5-6(11)10-12/h2,4-5H,3H2. The first kappa shape index (κ1) is 7.49. The second kappa shape index (κ2) is 2.71. The Balaban J connectivity index is 2.76. The molecule has 64 valence electrons. The maximum Gasteiger partial charge on any atom is 0.351 e. The van der Waals surface area contributed by atoms with Crippen LogP contribution in [-0.4, -0.2) is 19.2 Å². The molecule has 2 aromatic rings. The van der Waals surface area contributed by atoms with E-state index in [1.807, 2.05) is 6.07 Å². The van der Waals surface area contributed by atoms with Crippen LogP contribution in [0.1, 0.15) is 0 Å². The van der Waals surface area contributed by atoms with Gasteiger partial charge in [-0.2, -0.15) is 9.94 Å². The molecular weight excluding hydrogens is 170 g/mol.